The van der Waals surface area contributed by atoms with Gasteiger partial charge >= 0.3 is 5.97 Å². The number of nitrogens with zero attached hydrogens (tertiary/aromatic N) is 5. The van der Waals surface area contributed by atoms with Crippen molar-refractivity contribution in [2.75, 3.05) is 34.7 Å². The first-order valence-corrected chi connectivity index (χ1v) is 29.4. The standard InChI is InChI=1S/C64H92N8O10/c1-15-42(9)52-62(79)70(13)53(40(5)6)57(74)65-47(35-39(3)4)59(76)69(12)51(38-46-31-24-19-25-32-46)64(81)82-55(43(10)16-2)63(80)71(14)54(41(7)8)58(75)66-48(36-44-27-20-17-21-28-44)60(77)68(11)50(37-45-29-22-18-23-30-45)61(78)72-34-26-33-49(72)56(73)67-52/h17-25,27-32,39-43,47-55H,15-16,26,33-38H2,1-14H3,(H,65,74)(H,66,75)(H,67,73). The minimum Gasteiger partial charge on any atom is -0.450 e. The molecule has 0 radical (unpaired) electrons. The van der Waals surface area contributed by atoms with Crippen LogP contribution in [0.5, 0.6) is 0 Å². The Morgan fingerprint density at radius 1 is 0.488 bits per heavy atom. The Morgan fingerprint density at radius 3 is 1.40 bits per heavy atom. The van der Waals surface area contributed by atoms with Crippen LogP contribution in [0.1, 0.15) is 118 Å². The van der Waals surface area contributed by atoms with E-state index in [0.717, 1.165) is 5.56 Å². The van der Waals surface area contributed by atoms with Crippen LogP contribution in [0.2, 0.25) is 0 Å². The minimum absolute atomic E-state index is 0.0116. The molecule has 0 spiro atoms. The summed E-state index contributed by atoms with van der Waals surface area (Å²) in [6.45, 7) is 18.4. The summed E-state index contributed by atoms with van der Waals surface area (Å²) in [5.74, 6) is -7.84. The molecule has 2 aliphatic heterocycles. The van der Waals surface area contributed by atoms with Gasteiger partial charge in [-0.2, -0.15) is 0 Å². The fourth-order valence-corrected chi connectivity index (χ4v) is 11.3. The zero-order valence-corrected chi connectivity index (χ0v) is 50.9. The second kappa shape index (κ2) is 30.3. The number of hydrogen-bond donors (Lipinski definition) is 3. The smallest absolute Gasteiger partial charge is 0.329 e. The number of benzene rings is 3. The SMILES string of the molecule is CCC(C)C1NC(=O)C2CCCN2C(=O)C(Cc2ccccc2)N(C)C(=O)C(Cc2ccccc2)NC(=O)C(C(C)C)N(C)C(=O)C(C(C)CC)OC(=O)C(Cc2ccccc2)N(C)C(=O)C(CC(C)C)NC(=O)C(C(C)C)N(C)C1=O. The van der Waals surface area contributed by atoms with E-state index in [4.69, 9.17) is 4.74 Å². The zero-order valence-electron chi connectivity index (χ0n) is 50.9. The molecule has 8 amide bonds. The van der Waals surface area contributed by atoms with Gasteiger partial charge in [-0.25, -0.2) is 4.79 Å². The average Bonchev–Trinajstić information content (AvgIpc) is 4.04. The maximum absolute atomic E-state index is 15.3. The molecule has 11 atom stereocenters. The van der Waals surface area contributed by atoms with Crippen molar-refractivity contribution in [1.29, 1.82) is 0 Å². The lowest BCUT2D eigenvalue weighted by atomic mass is 9.94. The number of carbonyl (C=O) groups excluding carboxylic acids is 9. The Morgan fingerprint density at radius 2 is 0.927 bits per heavy atom. The molecule has 0 saturated carbocycles. The molecule has 0 aliphatic carbocycles. The van der Waals surface area contributed by atoms with Gasteiger partial charge in [0.2, 0.25) is 41.4 Å². The van der Waals surface area contributed by atoms with Crippen LogP contribution in [0.15, 0.2) is 91.0 Å². The summed E-state index contributed by atoms with van der Waals surface area (Å²) in [5.41, 5.74) is 2.14. The van der Waals surface area contributed by atoms with E-state index in [-0.39, 0.29) is 44.6 Å². The van der Waals surface area contributed by atoms with Crippen LogP contribution in [0, 0.1) is 29.6 Å². The van der Waals surface area contributed by atoms with E-state index in [1.54, 1.807) is 58.9 Å². The Labute approximate surface area is 486 Å². The van der Waals surface area contributed by atoms with Crippen molar-refractivity contribution in [3.8, 4) is 0 Å². The summed E-state index contributed by atoms with van der Waals surface area (Å²) in [5, 5.41) is 8.94. The molecule has 2 heterocycles. The zero-order chi connectivity index (χ0) is 60.7. The molecule has 0 bridgehead atoms. The predicted octanol–water partition coefficient (Wildman–Crippen LogP) is 5.84. The normalized spacial score (nSPS) is 25.7. The van der Waals surface area contributed by atoms with Crippen molar-refractivity contribution in [3.63, 3.8) is 0 Å². The highest BCUT2D eigenvalue weighted by molar-refractivity contribution is 5.99. The average molecular weight is 1130 g/mol. The highest BCUT2D eigenvalue weighted by Gasteiger charge is 2.46. The molecule has 3 N–H and O–H groups in total. The number of fused-ring (bicyclic) bond motifs is 1. The van der Waals surface area contributed by atoms with Gasteiger partial charge in [0.25, 0.3) is 5.91 Å². The maximum Gasteiger partial charge on any atom is 0.329 e. The van der Waals surface area contributed by atoms with Crippen LogP contribution in [-0.4, -0.2) is 167 Å². The molecule has 3 aromatic rings. The lowest BCUT2D eigenvalue weighted by Crippen LogP contribution is -2.62. The van der Waals surface area contributed by atoms with Gasteiger partial charge in [-0.15, -0.1) is 0 Å². The molecular weight excluding hydrogens is 1040 g/mol. The Balaban J connectivity index is 1.70. The lowest BCUT2D eigenvalue weighted by Gasteiger charge is -2.37. The topological polar surface area (TPSA) is 215 Å². The first kappa shape index (κ1) is 65.7. The third-order valence-corrected chi connectivity index (χ3v) is 16.5. The summed E-state index contributed by atoms with van der Waals surface area (Å²) in [6.07, 6.45) is 0.362. The molecule has 2 aliphatic rings. The molecule has 18 nitrogen and oxygen atoms in total. The van der Waals surface area contributed by atoms with Crippen LogP contribution < -0.4 is 16.0 Å². The first-order valence-electron chi connectivity index (χ1n) is 29.4. The molecular formula is C64H92N8O10. The number of hydrogen-bond acceptors (Lipinski definition) is 10. The number of ether oxygens (including phenoxy) is 1. The number of likely N-dealkylation sites (N-methyl/N-ethyl adjacent to an activating group) is 4. The molecule has 2 fully saturated rings. The Kier molecular flexibility index (Phi) is 24.2. The van der Waals surface area contributed by atoms with Crippen LogP contribution in [0.3, 0.4) is 0 Å². The molecule has 82 heavy (non-hydrogen) atoms. The lowest BCUT2D eigenvalue weighted by molar-refractivity contribution is -0.170. The third kappa shape index (κ3) is 16.5. The van der Waals surface area contributed by atoms with E-state index in [0.29, 0.717) is 30.4 Å². The van der Waals surface area contributed by atoms with Gasteiger partial charge in [-0.05, 0) is 66.0 Å². The molecule has 5 rings (SSSR count). The van der Waals surface area contributed by atoms with Crippen LogP contribution in [-0.2, 0) is 67.2 Å². The van der Waals surface area contributed by atoms with E-state index >= 15 is 24.0 Å². The number of esters is 1. The third-order valence-electron chi connectivity index (χ3n) is 16.5. The fourth-order valence-electron chi connectivity index (χ4n) is 11.3. The number of cyclic esters (lactones) is 1. The van der Waals surface area contributed by atoms with Crippen LogP contribution in [0.25, 0.3) is 0 Å². The summed E-state index contributed by atoms with van der Waals surface area (Å²) < 4.78 is 6.30. The van der Waals surface area contributed by atoms with Gasteiger partial charge in [0.1, 0.15) is 48.3 Å². The van der Waals surface area contributed by atoms with Gasteiger partial charge in [0.05, 0.1) is 0 Å². The number of carbonyl (C=O) groups is 9. The summed E-state index contributed by atoms with van der Waals surface area (Å²) >= 11 is 0. The number of rotatable bonds is 14. The number of nitrogens with one attached hydrogen (secondary N) is 3. The van der Waals surface area contributed by atoms with E-state index in [2.05, 4.69) is 16.0 Å². The Hall–Kier alpha value is -7.11. The highest BCUT2D eigenvalue weighted by Crippen LogP contribution is 2.27. The van der Waals surface area contributed by atoms with E-state index in [1.807, 2.05) is 101 Å². The van der Waals surface area contributed by atoms with Crippen LogP contribution in [0.4, 0.5) is 0 Å². The largest absolute Gasteiger partial charge is 0.450 e. The predicted molar refractivity (Wildman–Crippen MR) is 315 cm³/mol. The first-order chi connectivity index (χ1) is 38.8. The second-order valence-corrected chi connectivity index (χ2v) is 23.8. The molecule has 448 valence electrons. The summed E-state index contributed by atoms with van der Waals surface area (Å²) in [4.78, 5) is 142. The molecule has 11 unspecified atom stereocenters. The monoisotopic (exact) mass is 1130 g/mol. The molecule has 18 heteroatoms. The van der Waals surface area contributed by atoms with Gasteiger partial charge in [-0.3, -0.25) is 38.4 Å². The van der Waals surface area contributed by atoms with Crippen molar-refractivity contribution < 1.29 is 47.9 Å². The molecule has 0 aromatic heterocycles. The fraction of sp³-hybridized carbons (Fsp3) is 0.578. The van der Waals surface area contributed by atoms with Gasteiger partial charge in [-0.1, -0.05) is 167 Å². The van der Waals surface area contributed by atoms with Crippen molar-refractivity contribution in [2.24, 2.45) is 29.6 Å². The van der Waals surface area contributed by atoms with Crippen LogP contribution >= 0.6 is 0 Å². The van der Waals surface area contributed by atoms with Crippen molar-refractivity contribution in [1.82, 2.24) is 40.4 Å². The molecule has 3 aromatic carbocycles. The van der Waals surface area contributed by atoms with Crippen molar-refractivity contribution >= 4 is 53.2 Å². The highest BCUT2D eigenvalue weighted by atomic mass is 16.6. The Bertz CT molecular complexity index is 2650. The van der Waals surface area contributed by atoms with Gasteiger partial charge < -0.3 is 45.2 Å². The van der Waals surface area contributed by atoms with Gasteiger partial charge in [0.15, 0.2) is 6.10 Å². The number of amides is 8. The summed E-state index contributed by atoms with van der Waals surface area (Å²) in [7, 11) is 5.93. The summed E-state index contributed by atoms with van der Waals surface area (Å²) in [6, 6.07) is 17.9. The van der Waals surface area contributed by atoms with Crippen molar-refractivity contribution in [3.05, 3.63) is 108 Å². The quantitative estimate of drug-likeness (QED) is 0.164. The van der Waals surface area contributed by atoms with E-state index < -0.39 is 131 Å². The van der Waals surface area contributed by atoms with E-state index in [9.17, 15) is 19.2 Å². The second-order valence-electron chi connectivity index (χ2n) is 23.8. The maximum atomic E-state index is 15.3. The van der Waals surface area contributed by atoms with E-state index in [1.165, 1.54) is 52.7 Å². The van der Waals surface area contributed by atoms with Gasteiger partial charge in [0, 0.05) is 59.9 Å². The van der Waals surface area contributed by atoms with Crippen molar-refractivity contribution in [2.45, 2.75) is 175 Å². The molecule has 2 saturated heterocycles. The minimum atomic E-state index is -1.43.